The van der Waals surface area contributed by atoms with E-state index >= 15 is 0 Å². The molecular weight excluding hydrogens is 304 g/mol. The lowest BCUT2D eigenvalue weighted by Gasteiger charge is -2.27. The van der Waals surface area contributed by atoms with Gasteiger partial charge in [0.05, 0.1) is 0 Å². The van der Waals surface area contributed by atoms with Crippen LogP contribution in [0.1, 0.15) is 104 Å². The molecule has 0 amide bonds. The van der Waals surface area contributed by atoms with E-state index in [1.165, 1.54) is 101 Å². The van der Waals surface area contributed by atoms with Crippen LogP contribution in [0, 0.1) is 0 Å². The lowest BCUT2D eigenvalue weighted by Crippen LogP contribution is -2.18. The van der Waals surface area contributed by atoms with Gasteiger partial charge < -0.3 is 0 Å². The summed E-state index contributed by atoms with van der Waals surface area (Å²) in [5.41, 5.74) is 0. The van der Waals surface area contributed by atoms with Crippen LogP contribution < -0.4 is 0 Å². The van der Waals surface area contributed by atoms with Crippen LogP contribution in [-0.4, -0.2) is 22.0 Å². The molecule has 0 radical (unpaired) electrons. The smallest absolute Gasteiger partial charge is 0.00478 e. The van der Waals surface area contributed by atoms with E-state index in [0.717, 1.165) is 10.5 Å². The molecule has 0 aromatic heterocycles. The summed E-state index contributed by atoms with van der Waals surface area (Å²) in [7, 11) is 0. The van der Waals surface area contributed by atoms with Gasteiger partial charge in [-0.05, 0) is 50.0 Å². The molecule has 2 heteroatoms. The van der Waals surface area contributed by atoms with Crippen LogP contribution in [0.5, 0.6) is 0 Å². The van der Waals surface area contributed by atoms with Gasteiger partial charge in [0.1, 0.15) is 0 Å². The molecule has 0 unspecified atom stereocenters. The van der Waals surface area contributed by atoms with Gasteiger partial charge in [0, 0.05) is 10.5 Å². The van der Waals surface area contributed by atoms with Gasteiger partial charge in [-0.1, -0.05) is 65.2 Å². The third kappa shape index (κ3) is 11.3. The Morgan fingerprint density at radius 1 is 0.545 bits per heavy atom. The molecule has 132 valence electrons. The maximum Gasteiger partial charge on any atom is 0.00478 e. The molecule has 1 fully saturated rings. The normalized spacial score (nSPS) is 22.1. The monoisotopic (exact) mass is 344 g/mol. The van der Waals surface area contributed by atoms with Crippen molar-refractivity contribution >= 4 is 23.5 Å². The molecule has 1 saturated carbocycles. The zero-order valence-corrected chi connectivity index (χ0v) is 16.9. The molecule has 0 heterocycles. The fraction of sp³-hybridized carbons (Fsp3) is 1.00. The third-order valence-electron chi connectivity index (χ3n) is 4.82. The first-order valence-corrected chi connectivity index (χ1v) is 12.2. The highest BCUT2D eigenvalue weighted by Gasteiger charge is 2.21. The number of rotatable bonds is 14. The summed E-state index contributed by atoms with van der Waals surface area (Å²) in [5, 5.41) is 1.99. The van der Waals surface area contributed by atoms with Crippen molar-refractivity contribution in [3.05, 3.63) is 0 Å². The Labute approximate surface area is 149 Å². The summed E-state index contributed by atoms with van der Waals surface area (Å²) in [6.07, 6.45) is 20.3. The molecule has 0 bridgehead atoms. The summed E-state index contributed by atoms with van der Waals surface area (Å²) in [5.74, 6) is 2.84. The van der Waals surface area contributed by atoms with Crippen molar-refractivity contribution in [3.63, 3.8) is 0 Å². The lowest BCUT2D eigenvalue weighted by atomic mass is 10.00. The second-order valence-corrected chi connectivity index (χ2v) is 9.79. The topological polar surface area (TPSA) is 0 Å². The van der Waals surface area contributed by atoms with Gasteiger partial charge in [-0.15, -0.1) is 0 Å². The summed E-state index contributed by atoms with van der Waals surface area (Å²) in [6, 6.07) is 0. The Morgan fingerprint density at radius 3 is 1.27 bits per heavy atom. The van der Waals surface area contributed by atoms with Crippen LogP contribution >= 0.6 is 23.5 Å². The van der Waals surface area contributed by atoms with E-state index in [-0.39, 0.29) is 0 Å². The van der Waals surface area contributed by atoms with Crippen molar-refractivity contribution < 1.29 is 0 Å². The van der Waals surface area contributed by atoms with Crippen LogP contribution in [0.4, 0.5) is 0 Å². The molecule has 1 aliphatic rings. The summed E-state index contributed by atoms with van der Waals surface area (Å²) in [4.78, 5) is 0. The van der Waals surface area contributed by atoms with E-state index in [0.29, 0.717) is 0 Å². The van der Waals surface area contributed by atoms with Gasteiger partial charge in [-0.2, -0.15) is 23.5 Å². The van der Waals surface area contributed by atoms with E-state index in [9.17, 15) is 0 Å². The highest BCUT2D eigenvalue weighted by Crippen LogP contribution is 2.35. The molecule has 1 rings (SSSR count). The van der Waals surface area contributed by atoms with Crippen molar-refractivity contribution in [2.45, 2.75) is 114 Å². The molecule has 0 spiro atoms. The average Bonchev–Trinajstić information content (AvgIpc) is 2.55. The van der Waals surface area contributed by atoms with Gasteiger partial charge in [0.15, 0.2) is 0 Å². The summed E-state index contributed by atoms with van der Waals surface area (Å²) >= 11 is 4.57. The number of unbranched alkanes of at least 4 members (excludes halogenated alkanes) is 8. The van der Waals surface area contributed by atoms with Crippen LogP contribution in [0.25, 0.3) is 0 Å². The second kappa shape index (κ2) is 15.2. The van der Waals surface area contributed by atoms with Crippen molar-refractivity contribution in [1.29, 1.82) is 0 Å². The second-order valence-electron chi connectivity index (χ2n) is 6.97. The third-order valence-corrected chi connectivity index (χ3v) is 7.76. The summed E-state index contributed by atoms with van der Waals surface area (Å²) in [6.45, 7) is 4.60. The van der Waals surface area contributed by atoms with E-state index in [1.807, 2.05) is 0 Å². The molecule has 0 nitrogen and oxygen atoms in total. The minimum absolute atomic E-state index is 0.993. The van der Waals surface area contributed by atoms with Crippen LogP contribution in [0.3, 0.4) is 0 Å². The first-order chi connectivity index (χ1) is 10.9. The van der Waals surface area contributed by atoms with E-state index in [4.69, 9.17) is 0 Å². The molecule has 22 heavy (non-hydrogen) atoms. The Balaban J connectivity index is 1.88. The Bertz CT molecular complexity index is 198. The van der Waals surface area contributed by atoms with Gasteiger partial charge >= 0.3 is 0 Å². The van der Waals surface area contributed by atoms with E-state index in [1.54, 1.807) is 0 Å². The molecule has 0 atom stereocenters. The quantitative estimate of drug-likeness (QED) is 0.296. The molecule has 0 aliphatic heterocycles. The highest BCUT2D eigenvalue weighted by atomic mass is 32.2. The molecule has 1 aliphatic carbocycles. The minimum atomic E-state index is 0.993. The van der Waals surface area contributed by atoms with Crippen LogP contribution in [-0.2, 0) is 0 Å². The maximum atomic E-state index is 2.30. The fourth-order valence-corrected chi connectivity index (χ4v) is 5.90. The van der Waals surface area contributed by atoms with Gasteiger partial charge in [-0.3, -0.25) is 0 Å². The summed E-state index contributed by atoms with van der Waals surface area (Å²) < 4.78 is 0. The van der Waals surface area contributed by atoms with Crippen LogP contribution in [0.2, 0.25) is 0 Å². The lowest BCUT2D eigenvalue weighted by molar-refractivity contribution is 0.527. The van der Waals surface area contributed by atoms with E-state index in [2.05, 4.69) is 37.4 Å². The predicted molar refractivity (Wildman–Crippen MR) is 108 cm³/mol. The number of hydrogen-bond donors (Lipinski definition) is 0. The molecular formula is C20H40S2. The Kier molecular flexibility index (Phi) is 14.4. The first kappa shape index (κ1) is 20.7. The Hall–Kier alpha value is 0.700. The van der Waals surface area contributed by atoms with Crippen molar-refractivity contribution in [2.75, 3.05) is 11.5 Å². The zero-order valence-electron chi connectivity index (χ0n) is 15.3. The van der Waals surface area contributed by atoms with Gasteiger partial charge in [0.25, 0.3) is 0 Å². The molecule has 0 N–H and O–H groups in total. The van der Waals surface area contributed by atoms with Gasteiger partial charge in [-0.25, -0.2) is 0 Å². The maximum absolute atomic E-state index is 2.30. The van der Waals surface area contributed by atoms with Crippen molar-refractivity contribution in [1.82, 2.24) is 0 Å². The molecule has 0 aromatic rings. The number of hydrogen-bond acceptors (Lipinski definition) is 2. The molecule has 0 saturated heterocycles. The zero-order chi connectivity index (χ0) is 15.9. The standard InChI is InChI=1S/C20H40S2/c1-3-5-7-9-11-17-21-19-13-15-20(16-14-19)22-18-12-10-8-6-4-2/h19-20H,3-18H2,1-2H3. The van der Waals surface area contributed by atoms with Crippen molar-refractivity contribution in [3.8, 4) is 0 Å². The predicted octanol–water partition coefficient (Wildman–Crippen LogP) is 7.70. The Morgan fingerprint density at radius 2 is 0.909 bits per heavy atom. The van der Waals surface area contributed by atoms with Gasteiger partial charge in [0.2, 0.25) is 0 Å². The SMILES string of the molecule is CCCCCCCSC1CCC(SCCCCCCC)CC1. The van der Waals surface area contributed by atoms with Crippen LogP contribution in [0.15, 0.2) is 0 Å². The largest absolute Gasteiger partial charge is 0.159 e. The van der Waals surface area contributed by atoms with Crippen molar-refractivity contribution in [2.24, 2.45) is 0 Å². The molecule has 0 aromatic carbocycles. The first-order valence-electron chi connectivity index (χ1n) is 10.1. The fourth-order valence-electron chi connectivity index (χ4n) is 3.28. The van der Waals surface area contributed by atoms with E-state index < -0.39 is 0 Å². The number of thioether (sulfide) groups is 2. The average molecular weight is 345 g/mol. The highest BCUT2D eigenvalue weighted by molar-refractivity contribution is 8.00. The minimum Gasteiger partial charge on any atom is -0.159 e.